The fourth-order valence-corrected chi connectivity index (χ4v) is 1.33. The van der Waals surface area contributed by atoms with Crippen LogP contribution in [0.25, 0.3) is 0 Å². The fraction of sp³-hybridized carbons (Fsp3) is 0.300. The normalized spacial score (nSPS) is 13.7. The summed E-state index contributed by atoms with van der Waals surface area (Å²) < 4.78 is 25.2. The van der Waals surface area contributed by atoms with E-state index >= 15 is 0 Å². The average Bonchev–Trinajstić information content (AvgIpc) is 2.15. The minimum atomic E-state index is -3.39. The van der Waals surface area contributed by atoms with Crippen molar-refractivity contribution < 1.29 is 13.6 Å². The van der Waals surface area contributed by atoms with Gasteiger partial charge in [0.2, 0.25) is 5.78 Å². The van der Waals surface area contributed by atoms with Crippen molar-refractivity contribution in [1.29, 1.82) is 0 Å². The van der Waals surface area contributed by atoms with E-state index in [1.807, 2.05) is 0 Å². The second-order valence-electron chi connectivity index (χ2n) is 3.03. The number of rotatable bonds is 3. The predicted molar refractivity (Wildman–Crippen MR) is 50.7 cm³/mol. The molecule has 0 aliphatic heterocycles. The van der Waals surface area contributed by atoms with E-state index in [0.29, 0.717) is 12.5 Å². The summed E-state index contributed by atoms with van der Waals surface area (Å²) in [5.74, 6) is -4.66. The van der Waals surface area contributed by atoms with Gasteiger partial charge in [0.15, 0.2) is 0 Å². The molecule has 1 unspecified atom stereocenters. The Morgan fingerprint density at radius 1 is 1.36 bits per heavy atom. The molecule has 0 aliphatic carbocycles. The molecule has 1 atom stereocenters. The summed E-state index contributed by atoms with van der Waals surface area (Å²) in [5.41, 5.74) is 0.390. The highest BCUT2D eigenvalue weighted by atomic mass is 35.5. The number of hydrogen-bond acceptors (Lipinski definition) is 1. The van der Waals surface area contributed by atoms with Crippen LogP contribution < -0.4 is 0 Å². The van der Waals surface area contributed by atoms with Gasteiger partial charge in [-0.2, -0.15) is 8.78 Å². The third-order valence-corrected chi connectivity index (χ3v) is 2.21. The van der Waals surface area contributed by atoms with Crippen LogP contribution in [-0.2, 0) is 4.79 Å². The van der Waals surface area contributed by atoms with Crippen molar-refractivity contribution in [3.05, 3.63) is 35.9 Å². The van der Waals surface area contributed by atoms with E-state index in [4.69, 9.17) is 11.6 Å². The van der Waals surface area contributed by atoms with Gasteiger partial charge in [-0.15, -0.1) is 11.6 Å². The number of ketones is 1. The SMILES string of the molecule is CC(F)(F)C(=O)C(Cl)c1ccccc1. The van der Waals surface area contributed by atoms with Crippen LogP contribution in [0.4, 0.5) is 8.78 Å². The van der Waals surface area contributed by atoms with E-state index in [1.165, 1.54) is 0 Å². The van der Waals surface area contributed by atoms with Crippen LogP contribution in [0.2, 0.25) is 0 Å². The molecule has 1 rings (SSSR count). The number of benzene rings is 1. The van der Waals surface area contributed by atoms with Crippen molar-refractivity contribution in [2.24, 2.45) is 0 Å². The van der Waals surface area contributed by atoms with E-state index in [2.05, 4.69) is 0 Å². The first-order valence-corrected chi connectivity index (χ1v) is 4.47. The number of alkyl halides is 3. The largest absolute Gasteiger partial charge is 0.304 e. The highest BCUT2D eigenvalue weighted by Gasteiger charge is 2.37. The highest BCUT2D eigenvalue weighted by Crippen LogP contribution is 2.28. The van der Waals surface area contributed by atoms with Gasteiger partial charge in [-0.3, -0.25) is 4.79 Å². The quantitative estimate of drug-likeness (QED) is 0.712. The van der Waals surface area contributed by atoms with E-state index in [0.717, 1.165) is 0 Å². The molecule has 1 nitrogen and oxygen atoms in total. The zero-order valence-electron chi connectivity index (χ0n) is 7.51. The lowest BCUT2D eigenvalue weighted by Crippen LogP contribution is -2.27. The zero-order chi connectivity index (χ0) is 10.8. The standard InChI is InChI=1S/C10H9ClF2O/c1-10(12,13)9(14)8(11)7-5-3-2-4-6-7/h2-6,8H,1H3. The summed E-state index contributed by atoms with van der Waals surface area (Å²) in [4.78, 5) is 11.1. The Labute approximate surface area is 85.7 Å². The van der Waals surface area contributed by atoms with Gasteiger partial charge in [0.1, 0.15) is 5.38 Å². The van der Waals surface area contributed by atoms with Crippen molar-refractivity contribution in [3.63, 3.8) is 0 Å². The Bertz CT molecular complexity index is 319. The van der Waals surface area contributed by atoms with E-state index in [1.54, 1.807) is 30.3 Å². The lowest BCUT2D eigenvalue weighted by Gasteiger charge is -2.13. The van der Waals surface area contributed by atoms with Gasteiger partial charge in [0.05, 0.1) is 0 Å². The molecule has 1 aromatic carbocycles. The molecular formula is C10H9ClF2O. The molecule has 4 heteroatoms. The molecule has 0 aromatic heterocycles. The first-order valence-electron chi connectivity index (χ1n) is 4.04. The van der Waals surface area contributed by atoms with Gasteiger partial charge < -0.3 is 0 Å². The minimum absolute atomic E-state index is 0.390. The predicted octanol–water partition coefficient (Wildman–Crippen LogP) is 3.19. The maximum Gasteiger partial charge on any atom is 0.304 e. The number of Topliss-reactive ketones (excluding diaryl/α,β-unsaturated/α-hetero) is 1. The molecule has 1 aromatic rings. The van der Waals surface area contributed by atoms with Gasteiger partial charge in [-0.1, -0.05) is 30.3 Å². The van der Waals surface area contributed by atoms with Crippen LogP contribution in [0.5, 0.6) is 0 Å². The summed E-state index contributed by atoms with van der Waals surface area (Å²) in [6.45, 7) is 0.549. The van der Waals surface area contributed by atoms with Gasteiger partial charge in [-0.25, -0.2) is 0 Å². The number of hydrogen-bond donors (Lipinski definition) is 0. The van der Waals surface area contributed by atoms with Gasteiger partial charge in [0.25, 0.3) is 0 Å². The first-order chi connectivity index (χ1) is 6.43. The summed E-state index contributed by atoms with van der Waals surface area (Å²) >= 11 is 5.61. The molecule has 0 bridgehead atoms. The molecule has 0 heterocycles. The Hall–Kier alpha value is -0.960. The van der Waals surface area contributed by atoms with Crippen LogP contribution in [0.1, 0.15) is 17.9 Å². The van der Waals surface area contributed by atoms with E-state index < -0.39 is 17.1 Å². The maximum absolute atomic E-state index is 12.6. The molecule has 0 amide bonds. The van der Waals surface area contributed by atoms with E-state index in [9.17, 15) is 13.6 Å². The molecule has 76 valence electrons. The number of carbonyl (C=O) groups excluding carboxylic acids is 1. The monoisotopic (exact) mass is 218 g/mol. The topological polar surface area (TPSA) is 17.1 Å². The third-order valence-electron chi connectivity index (χ3n) is 1.76. The number of halogens is 3. The second-order valence-corrected chi connectivity index (χ2v) is 3.46. The Morgan fingerprint density at radius 3 is 2.29 bits per heavy atom. The smallest absolute Gasteiger partial charge is 0.291 e. The van der Waals surface area contributed by atoms with E-state index in [-0.39, 0.29) is 0 Å². The lowest BCUT2D eigenvalue weighted by atomic mass is 10.1. The third kappa shape index (κ3) is 2.51. The van der Waals surface area contributed by atoms with Gasteiger partial charge in [-0.05, 0) is 5.56 Å². The van der Waals surface area contributed by atoms with Gasteiger partial charge in [0, 0.05) is 6.92 Å². The molecule has 0 aliphatic rings. The molecular weight excluding hydrogens is 210 g/mol. The van der Waals surface area contributed by atoms with Crippen LogP contribution in [0, 0.1) is 0 Å². The minimum Gasteiger partial charge on any atom is -0.291 e. The number of carbonyl (C=O) groups is 1. The lowest BCUT2D eigenvalue weighted by molar-refractivity contribution is -0.140. The van der Waals surface area contributed by atoms with Crippen molar-refractivity contribution >= 4 is 17.4 Å². The van der Waals surface area contributed by atoms with Crippen molar-refractivity contribution in [2.45, 2.75) is 18.2 Å². The Kier molecular flexibility index (Phi) is 3.21. The molecule has 0 N–H and O–H groups in total. The molecule has 0 saturated carbocycles. The second kappa shape index (κ2) is 4.05. The van der Waals surface area contributed by atoms with Crippen LogP contribution in [-0.4, -0.2) is 11.7 Å². The average molecular weight is 219 g/mol. The molecule has 0 saturated heterocycles. The summed E-state index contributed by atoms with van der Waals surface area (Å²) in [6, 6.07) is 8.10. The molecule has 0 spiro atoms. The van der Waals surface area contributed by atoms with Crippen LogP contribution >= 0.6 is 11.6 Å². The molecule has 0 fully saturated rings. The van der Waals surface area contributed by atoms with Crippen molar-refractivity contribution in [1.82, 2.24) is 0 Å². The molecule has 14 heavy (non-hydrogen) atoms. The fourth-order valence-electron chi connectivity index (χ4n) is 0.996. The Balaban J connectivity index is 2.87. The molecule has 0 radical (unpaired) electrons. The van der Waals surface area contributed by atoms with Gasteiger partial charge >= 0.3 is 5.92 Å². The summed E-state index contributed by atoms with van der Waals surface area (Å²) in [6.07, 6.45) is 0. The maximum atomic E-state index is 12.6. The first kappa shape index (κ1) is 11.1. The summed E-state index contributed by atoms with van der Waals surface area (Å²) in [7, 11) is 0. The van der Waals surface area contributed by atoms with Crippen LogP contribution in [0.15, 0.2) is 30.3 Å². The van der Waals surface area contributed by atoms with Crippen LogP contribution in [0.3, 0.4) is 0 Å². The Morgan fingerprint density at radius 2 is 1.86 bits per heavy atom. The van der Waals surface area contributed by atoms with Crippen molar-refractivity contribution in [2.75, 3.05) is 0 Å². The zero-order valence-corrected chi connectivity index (χ0v) is 8.26. The van der Waals surface area contributed by atoms with Crippen molar-refractivity contribution in [3.8, 4) is 0 Å². The highest BCUT2D eigenvalue weighted by molar-refractivity contribution is 6.32. The summed E-state index contributed by atoms with van der Waals surface area (Å²) in [5, 5.41) is -1.28.